The van der Waals surface area contributed by atoms with Gasteiger partial charge < -0.3 is 15.0 Å². The zero-order chi connectivity index (χ0) is 20.7. The van der Waals surface area contributed by atoms with Gasteiger partial charge in [0.05, 0.1) is 25.5 Å². The molecule has 0 saturated carbocycles. The Morgan fingerprint density at radius 3 is 2.71 bits per heavy atom. The predicted molar refractivity (Wildman–Crippen MR) is 105 cm³/mol. The number of rotatable bonds is 7. The topological polar surface area (TPSA) is 72.3 Å². The second kappa shape index (κ2) is 10.1. The van der Waals surface area contributed by atoms with Crippen LogP contribution in [0.25, 0.3) is 5.70 Å². The van der Waals surface area contributed by atoms with Crippen LogP contribution in [-0.2, 0) is 16.1 Å². The first-order valence-corrected chi connectivity index (χ1v) is 9.21. The van der Waals surface area contributed by atoms with Crippen LogP contribution in [0, 0.1) is 0 Å². The van der Waals surface area contributed by atoms with E-state index in [-0.39, 0.29) is 61.2 Å². The molecule has 0 unspecified atom stereocenters. The Morgan fingerprint density at radius 1 is 1.43 bits per heavy atom. The normalized spacial score (nSPS) is 15.9. The van der Waals surface area contributed by atoms with Gasteiger partial charge in [0.15, 0.2) is 5.83 Å². The molecule has 0 spiro atoms. The summed E-state index contributed by atoms with van der Waals surface area (Å²) in [5.41, 5.74) is 0.586. The number of ether oxygens (including phenoxy) is 1. The van der Waals surface area contributed by atoms with E-state index in [9.17, 15) is 13.6 Å². The average molecular weight is 411 g/mol. The van der Waals surface area contributed by atoms with Gasteiger partial charge in [-0.2, -0.15) is 0 Å². The highest BCUT2D eigenvalue weighted by atomic mass is 32.1. The molecule has 1 saturated heterocycles. The molecule has 1 aromatic rings. The number of piperidine rings is 1. The molecule has 28 heavy (non-hydrogen) atoms. The zero-order valence-electron chi connectivity index (χ0n) is 15.9. The number of halogens is 2. The van der Waals surface area contributed by atoms with Crippen LogP contribution in [0.4, 0.5) is 8.78 Å². The first-order chi connectivity index (χ1) is 13.3. The van der Waals surface area contributed by atoms with E-state index in [1.54, 1.807) is 18.0 Å². The third kappa shape index (κ3) is 5.69. The van der Waals surface area contributed by atoms with E-state index in [1.165, 1.54) is 11.8 Å². The second-order valence-corrected chi connectivity index (χ2v) is 6.49. The molecule has 1 aliphatic heterocycles. The lowest BCUT2D eigenvalue weighted by atomic mass is 10.1. The minimum absolute atomic E-state index is 0.0477. The van der Waals surface area contributed by atoms with Gasteiger partial charge >= 0.3 is 0 Å². The molecule has 0 bridgehead atoms. The highest BCUT2D eigenvalue weighted by Crippen LogP contribution is 2.27. The van der Waals surface area contributed by atoms with E-state index >= 15 is 0 Å². The molecule has 152 valence electrons. The number of carbonyl (C=O) groups excluding carboxylic acids is 1. The summed E-state index contributed by atoms with van der Waals surface area (Å²) in [5, 5.41) is 10.8. The number of hydrogen-bond donors (Lipinski definition) is 1. The van der Waals surface area contributed by atoms with Crippen LogP contribution in [0.3, 0.4) is 0 Å². The molecule has 0 aromatic carbocycles. The van der Waals surface area contributed by atoms with Gasteiger partial charge in [-0.25, -0.2) is 13.5 Å². The van der Waals surface area contributed by atoms with Gasteiger partial charge in [-0.15, -0.1) is 5.10 Å². The number of ketones is 1. The Bertz CT molecular complexity index is 809. The average Bonchev–Trinajstić information content (AvgIpc) is 3.16. The van der Waals surface area contributed by atoms with Crippen molar-refractivity contribution in [3.8, 4) is 0 Å². The van der Waals surface area contributed by atoms with Crippen LogP contribution < -0.4 is 5.32 Å². The van der Waals surface area contributed by atoms with Crippen LogP contribution in [0.5, 0.6) is 0 Å². The SMILES string of the molecule is C=C(/C=C(F)\C(=C(\F)CC)N1CCC(=O)CC1)n1cc(CNC(=S)OC)nn1. The Labute approximate surface area is 167 Å². The van der Waals surface area contributed by atoms with Crippen molar-refractivity contribution in [2.75, 3.05) is 20.2 Å². The lowest BCUT2D eigenvalue weighted by Crippen LogP contribution is -2.34. The minimum atomic E-state index is -0.769. The number of aromatic nitrogens is 3. The summed E-state index contributed by atoms with van der Waals surface area (Å²) in [6.45, 7) is 6.23. The van der Waals surface area contributed by atoms with Gasteiger partial charge in [-0.05, 0) is 18.6 Å². The van der Waals surface area contributed by atoms with Gasteiger partial charge in [-0.3, -0.25) is 4.79 Å². The van der Waals surface area contributed by atoms with Crippen molar-refractivity contribution in [1.82, 2.24) is 25.2 Å². The quantitative estimate of drug-likeness (QED) is 0.546. The van der Waals surface area contributed by atoms with Crippen molar-refractivity contribution >= 4 is 28.9 Å². The molecule has 0 atom stereocenters. The lowest BCUT2D eigenvalue weighted by Gasteiger charge is -2.30. The number of hydrogen-bond acceptors (Lipinski definition) is 6. The molecular formula is C18H23F2N5O2S. The van der Waals surface area contributed by atoms with Crippen molar-refractivity contribution in [3.63, 3.8) is 0 Å². The standard InChI is InChI=1S/C18H23F2N5O2S/c1-4-15(19)17(24-7-5-14(26)6-8-24)16(20)9-12(2)25-11-13(22-23-25)10-21-18(28)27-3/h9,11H,2,4-8,10H2,1,3H3,(H,21,28)/b16-9+,17-15-. The molecule has 1 aromatic heterocycles. The van der Waals surface area contributed by atoms with Crippen molar-refractivity contribution in [1.29, 1.82) is 0 Å². The highest BCUT2D eigenvalue weighted by molar-refractivity contribution is 7.80. The third-order valence-electron chi connectivity index (χ3n) is 4.16. The fourth-order valence-electron chi connectivity index (χ4n) is 2.63. The number of allylic oxidation sites excluding steroid dienone is 4. The minimum Gasteiger partial charge on any atom is -0.474 e. The van der Waals surface area contributed by atoms with Crippen molar-refractivity contribution in [3.05, 3.63) is 41.9 Å². The summed E-state index contributed by atoms with van der Waals surface area (Å²) in [6, 6.07) is 0. The molecule has 1 N–H and O–H groups in total. The predicted octanol–water partition coefficient (Wildman–Crippen LogP) is 2.88. The van der Waals surface area contributed by atoms with E-state index in [4.69, 9.17) is 17.0 Å². The molecule has 7 nitrogen and oxygen atoms in total. The largest absolute Gasteiger partial charge is 0.474 e. The van der Waals surface area contributed by atoms with Crippen LogP contribution in [0.15, 0.2) is 36.2 Å². The second-order valence-electron chi connectivity index (χ2n) is 6.12. The lowest BCUT2D eigenvalue weighted by molar-refractivity contribution is -0.121. The van der Waals surface area contributed by atoms with Gasteiger partial charge in [0.2, 0.25) is 0 Å². The molecule has 1 fully saturated rings. The summed E-state index contributed by atoms with van der Waals surface area (Å²) in [5.74, 6) is -1.25. The summed E-state index contributed by atoms with van der Waals surface area (Å²) in [7, 11) is 1.44. The maximum atomic E-state index is 14.9. The fraction of sp³-hybridized carbons (Fsp3) is 0.444. The molecule has 0 aliphatic carbocycles. The molecule has 2 heterocycles. The van der Waals surface area contributed by atoms with Gasteiger partial charge in [0, 0.05) is 32.0 Å². The molecular weight excluding hydrogens is 388 g/mol. The first-order valence-electron chi connectivity index (χ1n) is 8.80. The Kier molecular flexibility index (Phi) is 7.80. The van der Waals surface area contributed by atoms with Crippen LogP contribution in [-0.4, -0.2) is 51.1 Å². The van der Waals surface area contributed by atoms with Crippen LogP contribution in [0.1, 0.15) is 31.9 Å². The van der Waals surface area contributed by atoms with E-state index < -0.39 is 11.7 Å². The van der Waals surface area contributed by atoms with Crippen molar-refractivity contribution in [2.45, 2.75) is 32.7 Å². The van der Waals surface area contributed by atoms with Gasteiger partial charge in [0.25, 0.3) is 5.17 Å². The van der Waals surface area contributed by atoms with E-state index in [0.717, 1.165) is 6.08 Å². The van der Waals surface area contributed by atoms with Gasteiger partial charge in [-0.1, -0.05) is 18.7 Å². The summed E-state index contributed by atoms with van der Waals surface area (Å²) < 4.78 is 35.4. The number of thiocarbonyl (C=S) groups is 1. The summed E-state index contributed by atoms with van der Waals surface area (Å²) >= 11 is 4.87. The fourth-order valence-corrected chi connectivity index (χ4v) is 2.71. The van der Waals surface area contributed by atoms with Crippen LogP contribution in [0.2, 0.25) is 0 Å². The van der Waals surface area contributed by atoms with Crippen molar-refractivity contribution in [2.24, 2.45) is 0 Å². The number of methoxy groups -OCH3 is 1. The number of nitrogens with zero attached hydrogens (tertiary/aromatic N) is 4. The Balaban J connectivity index is 2.15. The number of likely N-dealkylation sites (tertiary alicyclic amines) is 1. The molecule has 0 radical (unpaired) electrons. The molecule has 1 aliphatic rings. The smallest absolute Gasteiger partial charge is 0.256 e. The van der Waals surface area contributed by atoms with E-state index in [0.29, 0.717) is 5.69 Å². The first kappa shape index (κ1) is 21.7. The molecule has 2 rings (SSSR count). The Morgan fingerprint density at radius 2 is 2.11 bits per heavy atom. The number of Topliss-reactive ketones (excluding diaryl/α,β-unsaturated/α-hetero) is 1. The number of carbonyl (C=O) groups is 1. The van der Waals surface area contributed by atoms with Gasteiger partial charge in [0.1, 0.15) is 23.0 Å². The third-order valence-corrected chi connectivity index (χ3v) is 4.47. The van der Waals surface area contributed by atoms with E-state index in [1.807, 2.05) is 0 Å². The maximum Gasteiger partial charge on any atom is 0.256 e. The monoisotopic (exact) mass is 411 g/mol. The summed E-state index contributed by atoms with van der Waals surface area (Å²) in [6.07, 6.45) is 3.25. The highest BCUT2D eigenvalue weighted by Gasteiger charge is 2.24. The number of nitrogens with one attached hydrogen (secondary N) is 1. The van der Waals surface area contributed by atoms with E-state index in [2.05, 4.69) is 22.2 Å². The molecule has 0 amide bonds. The van der Waals surface area contributed by atoms with Crippen LogP contribution >= 0.6 is 12.2 Å². The summed E-state index contributed by atoms with van der Waals surface area (Å²) in [4.78, 5) is 13.0. The zero-order valence-corrected chi connectivity index (χ0v) is 16.7. The van der Waals surface area contributed by atoms with Crippen molar-refractivity contribution < 1.29 is 18.3 Å². The molecule has 10 heteroatoms. The Hall–Kier alpha value is -2.62. The maximum absolute atomic E-state index is 14.9.